The zero-order chi connectivity index (χ0) is 28.8. The van der Waals surface area contributed by atoms with Gasteiger partial charge in [0.2, 0.25) is 11.8 Å². The van der Waals surface area contributed by atoms with E-state index in [1.54, 1.807) is 49.4 Å². The Morgan fingerprint density at radius 3 is 2.10 bits per heavy atom. The smallest absolute Gasteiger partial charge is 0.264 e. The summed E-state index contributed by atoms with van der Waals surface area (Å²) in [5, 5.41) is 3.32. The lowest BCUT2D eigenvalue weighted by atomic mass is 10.1. The van der Waals surface area contributed by atoms with Gasteiger partial charge in [-0.25, -0.2) is 12.8 Å². The van der Waals surface area contributed by atoms with Crippen molar-refractivity contribution < 1.29 is 22.4 Å². The van der Waals surface area contributed by atoms with Crippen LogP contribution in [0.25, 0.3) is 0 Å². The highest BCUT2D eigenvalue weighted by Crippen LogP contribution is 2.26. The Kier molecular flexibility index (Phi) is 9.74. The van der Waals surface area contributed by atoms with Gasteiger partial charge in [-0.3, -0.25) is 13.9 Å². The van der Waals surface area contributed by atoms with Crippen LogP contribution in [0.5, 0.6) is 0 Å². The molecule has 0 unspecified atom stereocenters. The van der Waals surface area contributed by atoms with E-state index in [-0.39, 0.29) is 29.5 Å². The van der Waals surface area contributed by atoms with Crippen LogP contribution >= 0.6 is 11.6 Å². The highest BCUT2D eigenvalue weighted by Gasteiger charge is 2.34. The van der Waals surface area contributed by atoms with Crippen LogP contribution in [-0.4, -0.2) is 43.3 Å². The molecule has 3 aromatic carbocycles. The number of sulfonamides is 1. The molecule has 2 amide bonds. The first-order valence-corrected chi connectivity index (χ1v) is 14.3. The van der Waals surface area contributed by atoms with Crippen LogP contribution < -0.4 is 9.62 Å². The lowest BCUT2D eigenvalue weighted by Gasteiger charge is -2.35. The molecule has 0 saturated carbocycles. The van der Waals surface area contributed by atoms with E-state index in [9.17, 15) is 22.4 Å². The van der Waals surface area contributed by atoms with Crippen molar-refractivity contribution in [2.75, 3.05) is 10.8 Å². The van der Waals surface area contributed by atoms with E-state index >= 15 is 0 Å². The van der Waals surface area contributed by atoms with Crippen molar-refractivity contribution in [2.24, 2.45) is 0 Å². The van der Waals surface area contributed by atoms with E-state index in [2.05, 4.69) is 5.32 Å². The summed E-state index contributed by atoms with van der Waals surface area (Å²) in [5.41, 5.74) is 0.160. The first-order chi connectivity index (χ1) is 18.3. The average Bonchev–Trinajstić information content (AvgIpc) is 2.88. The lowest BCUT2D eigenvalue weighted by molar-refractivity contribution is -0.141. The van der Waals surface area contributed by atoms with Gasteiger partial charge in [0, 0.05) is 17.1 Å². The Bertz CT molecular complexity index is 1390. The van der Waals surface area contributed by atoms with Gasteiger partial charge >= 0.3 is 0 Å². The molecule has 1 N–H and O–H groups in total. The quantitative estimate of drug-likeness (QED) is 0.352. The lowest BCUT2D eigenvalue weighted by Crippen LogP contribution is -2.55. The minimum absolute atomic E-state index is 0.0166. The van der Waals surface area contributed by atoms with Gasteiger partial charge in [-0.2, -0.15) is 0 Å². The fourth-order valence-corrected chi connectivity index (χ4v) is 5.67. The molecule has 0 fully saturated rings. The van der Waals surface area contributed by atoms with Crippen molar-refractivity contribution in [3.63, 3.8) is 0 Å². The number of halogens is 2. The molecule has 1 atom stereocenters. The fourth-order valence-electron chi connectivity index (χ4n) is 4.04. The van der Waals surface area contributed by atoms with Crippen LogP contribution in [0, 0.1) is 5.82 Å². The number of benzene rings is 3. The Labute approximate surface area is 234 Å². The maximum atomic E-state index is 14.0. The van der Waals surface area contributed by atoms with Gasteiger partial charge in [-0.1, -0.05) is 54.9 Å². The van der Waals surface area contributed by atoms with Gasteiger partial charge in [0.25, 0.3) is 10.0 Å². The van der Waals surface area contributed by atoms with E-state index in [4.69, 9.17) is 11.6 Å². The number of carbonyl (C=O) groups is 2. The molecular formula is C29H33ClFN3O4S. The number of hydrogen-bond acceptors (Lipinski definition) is 4. The number of nitrogens with one attached hydrogen (secondary N) is 1. The highest BCUT2D eigenvalue weighted by molar-refractivity contribution is 7.92. The van der Waals surface area contributed by atoms with Crippen LogP contribution in [0.4, 0.5) is 10.1 Å². The second-order valence-corrected chi connectivity index (χ2v) is 12.3. The summed E-state index contributed by atoms with van der Waals surface area (Å²) >= 11 is 6.40. The summed E-state index contributed by atoms with van der Waals surface area (Å²) in [7, 11) is -4.22. The molecule has 0 heterocycles. The molecule has 0 aliphatic carbocycles. The van der Waals surface area contributed by atoms with E-state index in [1.165, 1.54) is 29.2 Å². The van der Waals surface area contributed by atoms with Crippen molar-refractivity contribution >= 4 is 39.1 Å². The molecule has 208 valence electrons. The van der Waals surface area contributed by atoms with Gasteiger partial charge in [-0.15, -0.1) is 0 Å². The third kappa shape index (κ3) is 7.80. The molecule has 0 bridgehead atoms. The predicted octanol–water partition coefficient (Wildman–Crippen LogP) is 5.40. The summed E-state index contributed by atoms with van der Waals surface area (Å²) in [5.74, 6) is -1.54. The van der Waals surface area contributed by atoms with Crippen molar-refractivity contribution in [3.05, 3.63) is 95.3 Å². The first kappa shape index (κ1) is 30.1. The summed E-state index contributed by atoms with van der Waals surface area (Å²) in [6, 6.07) is 18.6. The predicted molar refractivity (Wildman–Crippen MR) is 151 cm³/mol. The van der Waals surface area contributed by atoms with E-state index in [0.717, 1.165) is 16.4 Å². The monoisotopic (exact) mass is 573 g/mol. The number of nitrogens with zero attached hydrogens (tertiary/aromatic N) is 2. The molecule has 0 radical (unpaired) electrons. The van der Waals surface area contributed by atoms with E-state index in [1.807, 2.05) is 20.8 Å². The second kappa shape index (κ2) is 12.6. The van der Waals surface area contributed by atoms with Gasteiger partial charge in [0.05, 0.1) is 10.6 Å². The summed E-state index contributed by atoms with van der Waals surface area (Å²) in [4.78, 5) is 28.6. The molecule has 0 aliphatic heterocycles. The first-order valence-electron chi connectivity index (χ1n) is 12.5. The molecule has 7 nitrogen and oxygen atoms in total. The average molecular weight is 574 g/mol. The molecule has 0 aliphatic rings. The normalized spacial score (nSPS) is 12.5. The van der Waals surface area contributed by atoms with Crippen LogP contribution in [0.3, 0.4) is 0 Å². The zero-order valence-corrected chi connectivity index (χ0v) is 24.0. The maximum absolute atomic E-state index is 14.0. The third-order valence-corrected chi connectivity index (χ3v) is 8.06. The molecule has 0 saturated heterocycles. The summed E-state index contributed by atoms with van der Waals surface area (Å²) in [6.07, 6.45) is 0.278. The Morgan fingerprint density at radius 1 is 0.949 bits per heavy atom. The summed E-state index contributed by atoms with van der Waals surface area (Å²) in [6.45, 7) is 6.64. The van der Waals surface area contributed by atoms with Gasteiger partial charge in [-0.05, 0) is 75.2 Å². The van der Waals surface area contributed by atoms with Crippen molar-refractivity contribution in [1.29, 1.82) is 0 Å². The maximum Gasteiger partial charge on any atom is 0.264 e. The Balaban J connectivity index is 2.07. The molecule has 3 rings (SSSR count). The fraction of sp³-hybridized carbons (Fsp3) is 0.310. The minimum Gasteiger partial charge on any atom is -0.350 e. The molecule has 0 spiro atoms. The number of anilines is 1. The van der Waals surface area contributed by atoms with Gasteiger partial charge in [0.1, 0.15) is 18.4 Å². The number of hydrogen-bond donors (Lipinski definition) is 1. The Hall–Kier alpha value is -3.43. The van der Waals surface area contributed by atoms with E-state index < -0.39 is 39.9 Å². The van der Waals surface area contributed by atoms with Crippen molar-refractivity contribution in [3.8, 4) is 0 Å². The second-order valence-electron chi connectivity index (χ2n) is 10.1. The minimum atomic E-state index is -4.22. The SMILES string of the molecule is CC[C@@H](C(=O)NC(C)(C)C)N(Cc1ccccc1Cl)C(=O)CN(c1ccc(F)cc1)S(=O)(=O)c1ccccc1. The molecule has 3 aromatic rings. The zero-order valence-electron chi connectivity index (χ0n) is 22.4. The largest absolute Gasteiger partial charge is 0.350 e. The highest BCUT2D eigenvalue weighted by atomic mass is 35.5. The van der Waals surface area contributed by atoms with Crippen LogP contribution in [0.2, 0.25) is 5.02 Å². The Morgan fingerprint density at radius 2 is 1.54 bits per heavy atom. The topological polar surface area (TPSA) is 86.8 Å². The van der Waals surface area contributed by atoms with Crippen LogP contribution in [0.1, 0.15) is 39.7 Å². The van der Waals surface area contributed by atoms with Crippen molar-refractivity contribution in [1.82, 2.24) is 10.2 Å². The molecule has 10 heteroatoms. The number of rotatable bonds is 10. The number of carbonyl (C=O) groups excluding carboxylic acids is 2. The molecule has 39 heavy (non-hydrogen) atoms. The van der Waals surface area contributed by atoms with Gasteiger partial charge in [0.15, 0.2) is 0 Å². The van der Waals surface area contributed by atoms with Crippen LogP contribution in [-0.2, 0) is 26.2 Å². The van der Waals surface area contributed by atoms with E-state index in [0.29, 0.717) is 10.6 Å². The number of amides is 2. The molecular weight excluding hydrogens is 541 g/mol. The summed E-state index contributed by atoms with van der Waals surface area (Å²) < 4.78 is 42.1. The van der Waals surface area contributed by atoms with Crippen LogP contribution in [0.15, 0.2) is 83.8 Å². The molecule has 0 aromatic heterocycles. The van der Waals surface area contributed by atoms with Crippen molar-refractivity contribution in [2.45, 2.75) is 57.1 Å². The standard InChI is InChI=1S/C29H33ClFN3O4S/c1-5-26(28(36)32-29(2,3)4)33(19-21-11-9-10-14-25(21)30)27(35)20-34(23-17-15-22(31)16-18-23)39(37,38)24-12-7-6-8-13-24/h6-18,26H,5,19-20H2,1-4H3,(H,32,36)/t26-/m0/s1. The third-order valence-electron chi connectivity index (χ3n) is 5.91. The van der Waals surface area contributed by atoms with Gasteiger partial charge < -0.3 is 10.2 Å².